The van der Waals surface area contributed by atoms with Gasteiger partial charge < -0.3 is 9.64 Å². The average Bonchev–Trinajstić information content (AvgIpc) is 2.95. The molecule has 1 saturated heterocycles. The van der Waals surface area contributed by atoms with E-state index in [2.05, 4.69) is 11.0 Å². The van der Waals surface area contributed by atoms with Crippen LogP contribution in [0.3, 0.4) is 0 Å². The first-order valence-electron chi connectivity index (χ1n) is 7.49. The van der Waals surface area contributed by atoms with Crippen molar-refractivity contribution in [3.63, 3.8) is 0 Å². The third-order valence-corrected chi connectivity index (χ3v) is 4.12. The monoisotopic (exact) mass is 292 g/mol. The van der Waals surface area contributed by atoms with Gasteiger partial charge in [-0.25, -0.2) is 9.79 Å². The number of para-hydroxylation sites is 1. The summed E-state index contributed by atoms with van der Waals surface area (Å²) in [5, 5.41) is 0. The van der Waals surface area contributed by atoms with E-state index in [0.717, 1.165) is 31.0 Å². The fourth-order valence-corrected chi connectivity index (χ4v) is 2.99. The standard InChI is InChI=1S/C18H16N2O2/c21-18(13-6-2-1-3-7-13)22-16-10-11-20-12-14-8-4-5-9-15(14)19-17(16)20/h1-9,16H,10-12H2/t16-/m0/s1. The molecule has 22 heavy (non-hydrogen) atoms. The van der Waals surface area contributed by atoms with Crippen molar-refractivity contribution in [3.05, 3.63) is 65.7 Å². The van der Waals surface area contributed by atoms with Crippen molar-refractivity contribution in [2.75, 3.05) is 6.54 Å². The fraction of sp³-hybridized carbons (Fsp3) is 0.222. The number of amidine groups is 1. The highest BCUT2D eigenvalue weighted by atomic mass is 16.5. The minimum atomic E-state index is -0.283. The number of carbonyl (C=O) groups is 1. The van der Waals surface area contributed by atoms with Crippen LogP contribution in [-0.4, -0.2) is 29.4 Å². The number of carbonyl (C=O) groups excluding carboxylic acids is 1. The molecule has 0 amide bonds. The molecule has 2 aliphatic rings. The second-order valence-electron chi connectivity index (χ2n) is 5.57. The molecule has 2 aromatic carbocycles. The molecule has 2 aliphatic heterocycles. The first-order chi connectivity index (χ1) is 10.8. The highest BCUT2D eigenvalue weighted by molar-refractivity contribution is 5.96. The van der Waals surface area contributed by atoms with Crippen molar-refractivity contribution in [1.82, 2.24) is 4.90 Å². The van der Waals surface area contributed by atoms with E-state index in [9.17, 15) is 4.79 Å². The summed E-state index contributed by atoms with van der Waals surface area (Å²) in [5.41, 5.74) is 2.79. The number of hydrogen-bond acceptors (Lipinski definition) is 4. The molecule has 0 radical (unpaired) electrons. The molecule has 2 heterocycles. The van der Waals surface area contributed by atoms with Crippen molar-refractivity contribution < 1.29 is 9.53 Å². The number of ether oxygens (including phenoxy) is 1. The zero-order valence-corrected chi connectivity index (χ0v) is 12.1. The molecule has 1 fully saturated rings. The molecular weight excluding hydrogens is 276 g/mol. The Morgan fingerprint density at radius 2 is 1.86 bits per heavy atom. The third kappa shape index (κ3) is 2.26. The van der Waals surface area contributed by atoms with Crippen LogP contribution in [-0.2, 0) is 11.3 Å². The van der Waals surface area contributed by atoms with E-state index in [1.165, 1.54) is 5.56 Å². The van der Waals surface area contributed by atoms with Gasteiger partial charge in [-0.05, 0) is 23.8 Å². The van der Waals surface area contributed by atoms with E-state index in [4.69, 9.17) is 9.73 Å². The van der Waals surface area contributed by atoms with E-state index in [0.29, 0.717) is 5.56 Å². The molecule has 0 aliphatic carbocycles. The molecule has 4 rings (SSSR count). The van der Waals surface area contributed by atoms with Gasteiger partial charge in [0.2, 0.25) is 0 Å². The van der Waals surface area contributed by atoms with Gasteiger partial charge in [-0.1, -0.05) is 36.4 Å². The summed E-state index contributed by atoms with van der Waals surface area (Å²) in [6, 6.07) is 17.2. The topological polar surface area (TPSA) is 41.9 Å². The van der Waals surface area contributed by atoms with E-state index < -0.39 is 0 Å². The summed E-state index contributed by atoms with van der Waals surface area (Å²) in [4.78, 5) is 19.1. The Hall–Kier alpha value is -2.62. The van der Waals surface area contributed by atoms with E-state index in [1.54, 1.807) is 12.1 Å². The van der Waals surface area contributed by atoms with Gasteiger partial charge in [-0.3, -0.25) is 0 Å². The number of nitrogens with zero attached hydrogens (tertiary/aromatic N) is 2. The Bertz CT molecular complexity index is 740. The van der Waals surface area contributed by atoms with E-state index >= 15 is 0 Å². The van der Waals surface area contributed by atoms with Crippen molar-refractivity contribution in [3.8, 4) is 0 Å². The molecule has 4 heteroatoms. The van der Waals surface area contributed by atoms with Crippen LogP contribution >= 0.6 is 0 Å². The van der Waals surface area contributed by atoms with Crippen molar-refractivity contribution in [2.45, 2.75) is 19.1 Å². The number of esters is 1. The molecular formula is C18H16N2O2. The van der Waals surface area contributed by atoms with Crippen LogP contribution in [0.5, 0.6) is 0 Å². The van der Waals surface area contributed by atoms with Gasteiger partial charge in [-0.2, -0.15) is 0 Å². The summed E-state index contributed by atoms with van der Waals surface area (Å²) < 4.78 is 5.67. The maximum atomic E-state index is 12.2. The van der Waals surface area contributed by atoms with E-state index in [1.807, 2.05) is 36.4 Å². The van der Waals surface area contributed by atoms with E-state index in [-0.39, 0.29) is 12.1 Å². The van der Waals surface area contributed by atoms with Gasteiger partial charge in [0.1, 0.15) is 5.84 Å². The minimum absolute atomic E-state index is 0.249. The van der Waals surface area contributed by atoms with Crippen molar-refractivity contribution in [2.24, 2.45) is 4.99 Å². The van der Waals surface area contributed by atoms with Crippen molar-refractivity contribution >= 4 is 17.5 Å². The van der Waals surface area contributed by atoms with Crippen LogP contribution in [0.4, 0.5) is 5.69 Å². The molecule has 0 bridgehead atoms. The number of aliphatic imine (C=N–C) groups is 1. The van der Waals surface area contributed by atoms with Gasteiger partial charge in [-0.15, -0.1) is 0 Å². The molecule has 0 saturated carbocycles. The van der Waals surface area contributed by atoms with Crippen LogP contribution in [0.25, 0.3) is 0 Å². The Balaban J connectivity index is 1.57. The largest absolute Gasteiger partial charge is 0.451 e. The van der Waals surface area contributed by atoms with Gasteiger partial charge >= 0.3 is 5.97 Å². The van der Waals surface area contributed by atoms with Crippen LogP contribution in [0.2, 0.25) is 0 Å². The Labute approximate surface area is 129 Å². The smallest absolute Gasteiger partial charge is 0.338 e. The zero-order valence-electron chi connectivity index (χ0n) is 12.1. The van der Waals surface area contributed by atoms with Gasteiger partial charge in [0, 0.05) is 19.5 Å². The Kier molecular flexibility index (Phi) is 3.15. The second-order valence-corrected chi connectivity index (χ2v) is 5.57. The normalized spacial score (nSPS) is 19.2. The number of rotatable bonds is 2. The number of fused-ring (bicyclic) bond motifs is 2. The van der Waals surface area contributed by atoms with Crippen LogP contribution < -0.4 is 0 Å². The summed E-state index contributed by atoms with van der Waals surface area (Å²) in [6.07, 6.45) is 0.548. The maximum absolute atomic E-state index is 12.2. The number of hydrogen-bond donors (Lipinski definition) is 0. The lowest BCUT2D eigenvalue weighted by molar-refractivity contribution is 0.0430. The van der Waals surface area contributed by atoms with Gasteiger partial charge in [0.05, 0.1) is 11.3 Å². The summed E-state index contributed by atoms with van der Waals surface area (Å²) in [7, 11) is 0. The second kappa shape index (κ2) is 5.30. The minimum Gasteiger partial charge on any atom is -0.451 e. The third-order valence-electron chi connectivity index (χ3n) is 4.12. The summed E-state index contributed by atoms with van der Waals surface area (Å²) in [6.45, 7) is 1.72. The first-order valence-corrected chi connectivity index (χ1v) is 7.49. The van der Waals surface area contributed by atoms with Gasteiger partial charge in [0.25, 0.3) is 0 Å². The molecule has 0 spiro atoms. The average molecular weight is 292 g/mol. The van der Waals surface area contributed by atoms with Crippen LogP contribution in [0.15, 0.2) is 59.6 Å². The first kappa shape index (κ1) is 13.1. The highest BCUT2D eigenvalue weighted by Gasteiger charge is 2.35. The van der Waals surface area contributed by atoms with Gasteiger partial charge in [0.15, 0.2) is 6.10 Å². The predicted molar refractivity (Wildman–Crippen MR) is 84.2 cm³/mol. The molecule has 0 unspecified atom stereocenters. The zero-order chi connectivity index (χ0) is 14.9. The number of benzene rings is 2. The lowest BCUT2D eigenvalue weighted by Gasteiger charge is -2.26. The predicted octanol–water partition coefficient (Wildman–Crippen LogP) is 3.16. The Morgan fingerprint density at radius 3 is 2.73 bits per heavy atom. The fourth-order valence-electron chi connectivity index (χ4n) is 2.99. The van der Waals surface area contributed by atoms with Crippen molar-refractivity contribution in [1.29, 1.82) is 0 Å². The quantitative estimate of drug-likeness (QED) is 0.798. The van der Waals surface area contributed by atoms with Crippen LogP contribution in [0, 0.1) is 0 Å². The van der Waals surface area contributed by atoms with Crippen LogP contribution in [0.1, 0.15) is 22.3 Å². The Morgan fingerprint density at radius 1 is 1.09 bits per heavy atom. The summed E-state index contributed by atoms with van der Waals surface area (Å²) >= 11 is 0. The highest BCUT2D eigenvalue weighted by Crippen LogP contribution is 2.31. The molecule has 0 N–H and O–H groups in total. The lowest BCUT2D eigenvalue weighted by Crippen LogP contribution is -2.33. The maximum Gasteiger partial charge on any atom is 0.338 e. The molecule has 1 atom stereocenters. The molecule has 4 nitrogen and oxygen atoms in total. The molecule has 0 aromatic heterocycles. The molecule has 2 aromatic rings. The lowest BCUT2D eigenvalue weighted by atomic mass is 10.1. The summed E-state index contributed by atoms with van der Waals surface area (Å²) in [5.74, 6) is 0.594. The SMILES string of the molecule is O=C(O[C@H]1CCN2Cc3ccccc3N=C12)c1ccccc1. The molecule has 110 valence electrons.